The van der Waals surface area contributed by atoms with Gasteiger partial charge in [-0.25, -0.2) is 15.2 Å². The molecule has 0 unspecified atom stereocenters. The summed E-state index contributed by atoms with van der Waals surface area (Å²) >= 11 is 0. The number of hydrogen-bond donors (Lipinski definition) is 1. The van der Waals surface area contributed by atoms with Crippen molar-refractivity contribution in [1.82, 2.24) is 15.3 Å². The van der Waals surface area contributed by atoms with E-state index in [4.69, 9.17) is 4.74 Å². The molecule has 4 aromatic rings. The molecule has 6 nitrogen and oxygen atoms in total. The Kier molecular flexibility index (Phi) is 13.0. The average Bonchev–Trinajstić information content (AvgIpc) is 3.10. The van der Waals surface area contributed by atoms with Crippen molar-refractivity contribution < 1.29 is 14.3 Å². The van der Waals surface area contributed by atoms with E-state index >= 15 is 0 Å². The first kappa shape index (κ1) is 34.9. The molecule has 0 bridgehead atoms. The number of hydrogen-bond acceptors (Lipinski definition) is 5. The van der Waals surface area contributed by atoms with Gasteiger partial charge < -0.3 is 14.4 Å². The van der Waals surface area contributed by atoms with E-state index in [9.17, 15) is 9.59 Å². The average molecular weight is 640 g/mol. The molecule has 5 rings (SSSR count). The number of nitrogens with one attached hydrogen (secondary N) is 1. The number of amides is 1. The molecule has 0 atom stereocenters. The molecule has 0 saturated carbocycles. The SMILES string of the molecule is CC1(c2ccccc2)CCN(CCCC(CNN(CC=O)C(=O)OCc2ccccc2)(c2ccccc2)c2ccccc2)CC1.Cl. The molecule has 1 aliphatic heterocycles. The second kappa shape index (κ2) is 17.1. The van der Waals surface area contributed by atoms with E-state index in [1.807, 2.05) is 42.5 Å². The highest BCUT2D eigenvalue weighted by atomic mass is 35.5. The lowest BCUT2D eigenvalue weighted by Gasteiger charge is -2.41. The highest BCUT2D eigenvalue weighted by Crippen LogP contribution is 2.38. The van der Waals surface area contributed by atoms with E-state index in [0.717, 1.165) is 57.2 Å². The fourth-order valence-corrected chi connectivity index (χ4v) is 6.57. The third kappa shape index (κ3) is 8.85. The number of nitrogens with zero attached hydrogens (tertiary/aromatic N) is 2. The van der Waals surface area contributed by atoms with Crippen LogP contribution in [0.25, 0.3) is 0 Å². The van der Waals surface area contributed by atoms with Crippen LogP contribution in [-0.4, -0.2) is 55.0 Å². The highest BCUT2D eigenvalue weighted by Gasteiger charge is 2.36. The zero-order valence-corrected chi connectivity index (χ0v) is 27.5. The zero-order valence-electron chi connectivity index (χ0n) is 26.7. The Morgan fingerprint density at radius 2 is 1.37 bits per heavy atom. The summed E-state index contributed by atoms with van der Waals surface area (Å²) in [6.45, 7) is 6.02. The van der Waals surface area contributed by atoms with Crippen molar-refractivity contribution in [1.29, 1.82) is 0 Å². The van der Waals surface area contributed by atoms with Crippen LogP contribution >= 0.6 is 12.4 Å². The third-order valence-electron chi connectivity index (χ3n) is 9.42. The van der Waals surface area contributed by atoms with Crippen LogP contribution in [0, 0.1) is 0 Å². The molecule has 0 aromatic heterocycles. The minimum atomic E-state index is -0.573. The van der Waals surface area contributed by atoms with Crippen LogP contribution in [0.5, 0.6) is 0 Å². The van der Waals surface area contributed by atoms with Crippen LogP contribution < -0.4 is 5.43 Å². The van der Waals surface area contributed by atoms with Gasteiger partial charge in [-0.15, -0.1) is 12.4 Å². The topological polar surface area (TPSA) is 61.9 Å². The number of halogens is 1. The van der Waals surface area contributed by atoms with E-state index in [-0.39, 0.29) is 31.0 Å². The first-order valence-electron chi connectivity index (χ1n) is 16.1. The quantitative estimate of drug-likeness (QED) is 0.114. The van der Waals surface area contributed by atoms with E-state index in [0.29, 0.717) is 6.54 Å². The molecular weight excluding hydrogens is 594 g/mol. The van der Waals surface area contributed by atoms with Gasteiger partial charge in [-0.3, -0.25) is 0 Å². The lowest BCUT2D eigenvalue weighted by Crippen LogP contribution is -2.51. The van der Waals surface area contributed by atoms with Gasteiger partial charge >= 0.3 is 6.09 Å². The largest absolute Gasteiger partial charge is 0.444 e. The van der Waals surface area contributed by atoms with Gasteiger partial charge in [0.1, 0.15) is 12.9 Å². The molecule has 46 heavy (non-hydrogen) atoms. The van der Waals surface area contributed by atoms with Crippen molar-refractivity contribution in [3.05, 3.63) is 144 Å². The second-order valence-corrected chi connectivity index (χ2v) is 12.3. The fraction of sp³-hybridized carbons (Fsp3) is 0.333. The maximum Gasteiger partial charge on any atom is 0.424 e. The number of piperidine rings is 1. The van der Waals surface area contributed by atoms with Gasteiger partial charge in [0.2, 0.25) is 0 Å². The van der Waals surface area contributed by atoms with Crippen LogP contribution in [0.1, 0.15) is 54.9 Å². The maximum absolute atomic E-state index is 13.1. The molecule has 0 radical (unpaired) electrons. The summed E-state index contributed by atoms with van der Waals surface area (Å²) in [5.41, 5.74) is 7.78. The fourth-order valence-electron chi connectivity index (χ4n) is 6.57. The predicted octanol–water partition coefficient (Wildman–Crippen LogP) is 7.57. The number of benzene rings is 4. The molecule has 0 aliphatic carbocycles. The minimum Gasteiger partial charge on any atom is -0.444 e. The Labute approximate surface area is 280 Å². The molecule has 7 heteroatoms. The van der Waals surface area contributed by atoms with Gasteiger partial charge in [-0.1, -0.05) is 128 Å². The number of rotatable bonds is 14. The molecule has 1 aliphatic rings. The summed E-state index contributed by atoms with van der Waals surface area (Å²) in [4.78, 5) is 27.4. The molecule has 242 valence electrons. The first-order chi connectivity index (χ1) is 22.0. The lowest BCUT2D eigenvalue weighted by molar-refractivity contribution is -0.109. The molecule has 1 fully saturated rings. The standard InChI is InChI=1S/C39H45N3O3.ClH/c1-38(34-17-8-3-9-18-34)24-27-41(28-25-38)26-14-23-39(35-19-10-4-11-20-35,36-21-12-5-13-22-36)32-40-42(29-30-43)37(44)45-31-33-15-6-2-7-16-33;/h2-13,15-22,30,40H,14,23-29,31-32H2,1H3;1H. The van der Waals surface area contributed by atoms with Crippen molar-refractivity contribution in [2.75, 3.05) is 32.7 Å². The van der Waals surface area contributed by atoms with Crippen molar-refractivity contribution in [3.8, 4) is 0 Å². The molecule has 1 amide bonds. The normalized spacial score (nSPS) is 14.5. The van der Waals surface area contributed by atoms with Crippen LogP contribution in [-0.2, 0) is 27.0 Å². The Morgan fingerprint density at radius 1 is 0.848 bits per heavy atom. The summed E-state index contributed by atoms with van der Waals surface area (Å²) in [6.07, 6.45) is 4.30. The predicted molar refractivity (Wildman–Crippen MR) is 187 cm³/mol. The third-order valence-corrected chi connectivity index (χ3v) is 9.42. The van der Waals surface area contributed by atoms with E-state index in [2.05, 4.69) is 96.1 Å². The molecule has 0 spiro atoms. The number of likely N-dealkylation sites (tertiary alicyclic amines) is 1. The lowest BCUT2D eigenvalue weighted by atomic mass is 9.71. The van der Waals surface area contributed by atoms with Gasteiger partial charge in [0, 0.05) is 12.0 Å². The summed E-state index contributed by atoms with van der Waals surface area (Å²) in [5.74, 6) is 0. The molecular formula is C39H46ClN3O3. The van der Waals surface area contributed by atoms with Crippen molar-refractivity contribution >= 4 is 24.8 Å². The van der Waals surface area contributed by atoms with Gasteiger partial charge in [0.25, 0.3) is 0 Å². The van der Waals surface area contributed by atoms with Gasteiger partial charge in [0.15, 0.2) is 0 Å². The summed E-state index contributed by atoms with van der Waals surface area (Å²) < 4.78 is 5.59. The second-order valence-electron chi connectivity index (χ2n) is 12.3. The number of carbonyl (C=O) groups excluding carboxylic acids is 2. The smallest absolute Gasteiger partial charge is 0.424 e. The Hall–Kier alpha value is -3.97. The van der Waals surface area contributed by atoms with Gasteiger partial charge in [-0.05, 0) is 73.0 Å². The molecule has 4 aromatic carbocycles. The Bertz CT molecular complexity index is 1420. The van der Waals surface area contributed by atoms with E-state index in [1.165, 1.54) is 21.7 Å². The molecule has 1 N–H and O–H groups in total. The van der Waals surface area contributed by atoms with Crippen LogP contribution in [0.3, 0.4) is 0 Å². The first-order valence-corrected chi connectivity index (χ1v) is 16.1. The summed E-state index contributed by atoms with van der Waals surface area (Å²) in [7, 11) is 0. The van der Waals surface area contributed by atoms with E-state index in [1.54, 1.807) is 0 Å². The van der Waals surface area contributed by atoms with Crippen LogP contribution in [0.2, 0.25) is 0 Å². The highest BCUT2D eigenvalue weighted by molar-refractivity contribution is 5.85. The number of hydrazine groups is 1. The minimum absolute atomic E-state index is 0. The monoisotopic (exact) mass is 639 g/mol. The Morgan fingerprint density at radius 3 is 1.91 bits per heavy atom. The number of aldehydes is 1. The van der Waals surface area contributed by atoms with Crippen LogP contribution in [0.15, 0.2) is 121 Å². The summed E-state index contributed by atoms with van der Waals surface area (Å²) in [5, 5.41) is 1.30. The maximum atomic E-state index is 13.1. The van der Waals surface area contributed by atoms with Crippen molar-refractivity contribution in [3.63, 3.8) is 0 Å². The molecule has 1 saturated heterocycles. The Balaban J connectivity index is 0.00000480. The number of carbonyl (C=O) groups is 2. The van der Waals surface area contributed by atoms with Crippen LogP contribution in [0.4, 0.5) is 4.79 Å². The number of ether oxygens (including phenoxy) is 1. The molecule has 1 heterocycles. The van der Waals surface area contributed by atoms with Gasteiger partial charge in [-0.2, -0.15) is 0 Å². The van der Waals surface area contributed by atoms with Gasteiger partial charge in [0.05, 0.1) is 6.54 Å². The summed E-state index contributed by atoms with van der Waals surface area (Å²) in [6, 6.07) is 41.5. The van der Waals surface area contributed by atoms with Crippen molar-refractivity contribution in [2.45, 2.75) is 50.0 Å². The van der Waals surface area contributed by atoms with E-state index < -0.39 is 11.5 Å². The zero-order chi connectivity index (χ0) is 31.4. The van der Waals surface area contributed by atoms with Crippen molar-refractivity contribution in [2.24, 2.45) is 0 Å².